The maximum atomic E-state index is 11.2. The number of rotatable bonds is 6. The topological polar surface area (TPSA) is 44.8 Å². The number of hydrogen-bond donors (Lipinski definition) is 0. The van der Waals surface area contributed by atoms with Gasteiger partial charge in [0, 0.05) is 18.9 Å². The summed E-state index contributed by atoms with van der Waals surface area (Å²) in [6.45, 7) is 1.23. The molecule has 2 atom stereocenters. The van der Waals surface area contributed by atoms with Gasteiger partial charge in [0.2, 0.25) is 0 Å². The first-order valence-electron chi connectivity index (χ1n) is 8.56. The Bertz CT molecular complexity index is 682. The second kappa shape index (κ2) is 8.27. The summed E-state index contributed by atoms with van der Waals surface area (Å²) in [5.41, 5.74) is 1.26. The number of ether oxygens (including phenoxy) is 3. The molecule has 2 aromatic rings. The molecular formula is C20H24O4. The molecule has 1 saturated heterocycles. The van der Waals surface area contributed by atoms with Gasteiger partial charge in [0.05, 0.1) is 13.7 Å². The number of benzene rings is 2. The van der Waals surface area contributed by atoms with Gasteiger partial charge in [0.15, 0.2) is 6.29 Å². The van der Waals surface area contributed by atoms with E-state index in [1.165, 1.54) is 23.4 Å². The van der Waals surface area contributed by atoms with Gasteiger partial charge >= 0.3 is 5.97 Å². The quantitative estimate of drug-likeness (QED) is 0.593. The summed E-state index contributed by atoms with van der Waals surface area (Å²) in [6, 6.07) is 14.9. The van der Waals surface area contributed by atoms with Crippen LogP contribution in [0.4, 0.5) is 0 Å². The summed E-state index contributed by atoms with van der Waals surface area (Å²) >= 11 is 0. The summed E-state index contributed by atoms with van der Waals surface area (Å²) in [5.74, 6) is 0.0377. The van der Waals surface area contributed by atoms with Gasteiger partial charge in [-0.25, -0.2) is 0 Å². The SMILES string of the molecule is COC(=O)CCCOC1OCCCC1c1ccc2ccccc2c1. The van der Waals surface area contributed by atoms with Crippen LogP contribution < -0.4 is 0 Å². The molecule has 1 heterocycles. The summed E-state index contributed by atoms with van der Waals surface area (Å²) in [7, 11) is 1.41. The first kappa shape index (κ1) is 16.9. The van der Waals surface area contributed by atoms with E-state index in [9.17, 15) is 4.79 Å². The average molecular weight is 328 g/mol. The molecule has 0 radical (unpaired) electrons. The van der Waals surface area contributed by atoms with E-state index in [-0.39, 0.29) is 18.2 Å². The number of carbonyl (C=O) groups is 1. The molecule has 128 valence electrons. The van der Waals surface area contributed by atoms with Gasteiger partial charge in [0.25, 0.3) is 0 Å². The van der Waals surface area contributed by atoms with Crippen molar-refractivity contribution in [2.24, 2.45) is 0 Å². The summed E-state index contributed by atoms with van der Waals surface area (Å²) in [6.07, 6.45) is 2.89. The highest BCUT2D eigenvalue weighted by atomic mass is 16.7. The van der Waals surface area contributed by atoms with Crippen LogP contribution in [0.3, 0.4) is 0 Å². The van der Waals surface area contributed by atoms with Gasteiger partial charge in [-0.2, -0.15) is 0 Å². The molecule has 1 aliphatic heterocycles. The molecule has 4 heteroatoms. The summed E-state index contributed by atoms with van der Waals surface area (Å²) < 4.78 is 16.4. The van der Waals surface area contributed by atoms with Crippen LogP contribution in [0.15, 0.2) is 42.5 Å². The molecule has 0 N–H and O–H groups in total. The zero-order valence-electron chi connectivity index (χ0n) is 14.1. The van der Waals surface area contributed by atoms with Gasteiger partial charge < -0.3 is 14.2 Å². The maximum Gasteiger partial charge on any atom is 0.305 e. The summed E-state index contributed by atoms with van der Waals surface area (Å²) in [5, 5.41) is 2.48. The highest BCUT2D eigenvalue weighted by molar-refractivity contribution is 5.83. The third-order valence-corrected chi connectivity index (χ3v) is 4.51. The number of hydrogen-bond acceptors (Lipinski definition) is 4. The fourth-order valence-electron chi connectivity index (χ4n) is 3.20. The predicted octanol–water partition coefficient (Wildman–Crippen LogP) is 4.03. The molecule has 24 heavy (non-hydrogen) atoms. The van der Waals surface area contributed by atoms with Crippen molar-refractivity contribution in [3.63, 3.8) is 0 Å². The Morgan fingerprint density at radius 3 is 2.88 bits per heavy atom. The molecule has 4 nitrogen and oxygen atoms in total. The zero-order chi connectivity index (χ0) is 16.8. The summed E-state index contributed by atoms with van der Waals surface area (Å²) in [4.78, 5) is 11.2. The second-order valence-corrected chi connectivity index (χ2v) is 6.14. The second-order valence-electron chi connectivity index (χ2n) is 6.14. The molecule has 2 unspecified atom stereocenters. The van der Waals surface area contributed by atoms with Gasteiger partial charge in [-0.15, -0.1) is 0 Å². The highest BCUT2D eigenvalue weighted by Crippen LogP contribution is 2.33. The number of methoxy groups -OCH3 is 1. The standard InChI is InChI=1S/C20H24O4/c1-22-19(21)9-5-13-24-20-18(8-4-12-23-20)17-11-10-15-6-2-3-7-16(15)14-17/h2-3,6-7,10-11,14,18,20H,4-5,8-9,12-13H2,1H3. The Labute approximate surface area is 142 Å². The molecule has 1 fully saturated rings. The van der Waals surface area contributed by atoms with Crippen LogP contribution in [0.25, 0.3) is 10.8 Å². The van der Waals surface area contributed by atoms with E-state index in [4.69, 9.17) is 9.47 Å². The van der Waals surface area contributed by atoms with E-state index in [0.717, 1.165) is 19.4 Å². The highest BCUT2D eigenvalue weighted by Gasteiger charge is 2.28. The lowest BCUT2D eigenvalue weighted by atomic mass is 9.90. The first-order valence-corrected chi connectivity index (χ1v) is 8.56. The van der Waals surface area contributed by atoms with E-state index >= 15 is 0 Å². The Morgan fingerprint density at radius 1 is 1.21 bits per heavy atom. The largest absolute Gasteiger partial charge is 0.469 e. The number of esters is 1. The normalized spacial score (nSPS) is 20.9. The van der Waals surface area contributed by atoms with Crippen molar-refractivity contribution in [1.82, 2.24) is 0 Å². The third-order valence-electron chi connectivity index (χ3n) is 4.51. The van der Waals surface area contributed by atoms with Gasteiger partial charge in [-0.3, -0.25) is 4.79 Å². The Kier molecular flexibility index (Phi) is 5.83. The Morgan fingerprint density at radius 2 is 2.04 bits per heavy atom. The van der Waals surface area contributed by atoms with E-state index in [1.54, 1.807) is 0 Å². The van der Waals surface area contributed by atoms with Crippen LogP contribution in [-0.4, -0.2) is 32.6 Å². The van der Waals surface area contributed by atoms with E-state index in [0.29, 0.717) is 19.4 Å². The van der Waals surface area contributed by atoms with Gasteiger partial charge in [-0.1, -0.05) is 42.5 Å². The maximum absolute atomic E-state index is 11.2. The van der Waals surface area contributed by atoms with Crippen molar-refractivity contribution in [3.8, 4) is 0 Å². The van der Waals surface area contributed by atoms with Crippen molar-refractivity contribution < 1.29 is 19.0 Å². The molecule has 2 aromatic carbocycles. The van der Waals surface area contributed by atoms with E-state index < -0.39 is 0 Å². The zero-order valence-corrected chi connectivity index (χ0v) is 14.1. The molecule has 3 rings (SSSR count). The molecule has 0 aliphatic carbocycles. The Balaban J connectivity index is 1.65. The van der Waals surface area contributed by atoms with Crippen LogP contribution in [-0.2, 0) is 19.0 Å². The third kappa shape index (κ3) is 4.13. The van der Waals surface area contributed by atoms with Crippen LogP contribution in [0.1, 0.15) is 37.2 Å². The molecule has 0 saturated carbocycles. The molecule has 0 aromatic heterocycles. The minimum Gasteiger partial charge on any atom is -0.469 e. The van der Waals surface area contributed by atoms with Crippen molar-refractivity contribution in [2.45, 2.75) is 37.9 Å². The number of fused-ring (bicyclic) bond motifs is 1. The molecule has 1 aliphatic rings. The lowest BCUT2D eigenvalue weighted by Gasteiger charge is -2.32. The van der Waals surface area contributed by atoms with Crippen molar-refractivity contribution in [2.75, 3.05) is 20.3 Å². The molecular weight excluding hydrogens is 304 g/mol. The van der Waals surface area contributed by atoms with Gasteiger partial charge in [0.1, 0.15) is 0 Å². The van der Waals surface area contributed by atoms with Crippen LogP contribution in [0.5, 0.6) is 0 Å². The van der Waals surface area contributed by atoms with Crippen LogP contribution in [0, 0.1) is 0 Å². The van der Waals surface area contributed by atoms with Crippen LogP contribution >= 0.6 is 0 Å². The van der Waals surface area contributed by atoms with Crippen LogP contribution in [0.2, 0.25) is 0 Å². The van der Waals surface area contributed by atoms with Gasteiger partial charge in [-0.05, 0) is 35.6 Å². The smallest absolute Gasteiger partial charge is 0.305 e. The van der Waals surface area contributed by atoms with Crippen molar-refractivity contribution in [3.05, 3.63) is 48.0 Å². The fraction of sp³-hybridized carbons (Fsp3) is 0.450. The molecule has 0 amide bonds. The molecule has 0 spiro atoms. The minimum absolute atomic E-state index is 0.200. The number of carbonyl (C=O) groups excluding carboxylic acids is 1. The van der Waals surface area contributed by atoms with E-state index in [2.05, 4.69) is 47.2 Å². The average Bonchev–Trinajstić information content (AvgIpc) is 2.65. The lowest BCUT2D eigenvalue weighted by Crippen LogP contribution is -2.31. The molecule has 0 bridgehead atoms. The van der Waals surface area contributed by atoms with Crippen molar-refractivity contribution in [1.29, 1.82) is 0 Å². The monoisotopic (exact) mass is 328 g/mol. The van der Waals surface area contributed by atoms with Crippen molar-refractivity contribution >= 4 is 16.7 Å². The lowest BCUT2D eigenvalue weighted by molar-refractivity contribution is -0.175. The minimum atomic E-state index is -0.238. The fourth-order valence-corrected chi connectivity index (χ4v) is 3.20. The first-order chi connectivity index (χ1) is 11.8. The Hall–Kier alpha value is -1.91. The predicted molar refractivity (Wildman–Crippen MR) is 92.9 cm³/mol. The van der Waals surface area contributed by atoms with E-state index in [1.807, 2.05) is 0 Å².